The van der Waals surface area contributed by atoms with E-state index in [4.69, 9.17) is 10.2 Å². The summed E-state index contributed by atoms with van der Waals surface area (Å²) in [4.78, 5) is 28.1. The fourth-order valence-electron chi connectivity index (χ4n) is 1.74. The van der Waals surface area contributed by atoms with Gasteiger partial charge in [-0.15, -0.1) is 22.7 Å². The Hall–Kier alpha value is -2.71. The van der Waals surface area contributed by atoms with Gasteiger partial charge in [0.25, 0.3) is 5.91 Å². The van der Waals surface area contributed by atoms with Crippen LogP contribution in [0, 0.1) is 0 Å². The fourth-order valence-corrected chi connectivity index (χ4v) is 3.06. The third-order valence-electron chi connectivity index (χ3n) is 2.81. The number of carbonyl (C=O) groups excluding carboxylic acids is 2. The summed E-state index contributed by atoms with van der Waals surface area (Å²) in [6.45, 7) is 0. The highest BCUT2D eigenvalue weighted by Crippen LogP contribution is 2.26. The Balaban J connectivity index is 1.67. The number of nitrogens with zero attached hydrogens (tertiary/aromatic N) is 1. The van der Waals surface area contributed by atoms with Crippen molar-refractivity contribution in [1.82, 2.24) is 4.98 Å². The lowest BCUT2D eigenvalue weighted by Gasteiger charge is -1.95. The normalized spacial score (nSPS) is 11.0. The monoisotopic (exact) mass is 345 g/mol. The number of rotatable bonds is 5. The zero-order valence-corrected chi connectivity index (χ0v) is 13.3. The number of hydrogen-bond donors (Lipinski definition) is 2. The molecule has 2 amide bonds. The summed E-state index contributed by atoms with van der Waals surface area (Å²) in [7, 11) is 0. The van der Waals surface area contributed by atoms with E-state index in [1.165, 1.54) is 29.7 Å². The van der Waals surface area contributed by atoms with Gasteiger partial charge in [0.1, 0.15) is 12.0 Å². The van der Waals surface area contributed by atoms with Crippen LogP contribution in [0.25, 0.3) is 17.5 Å². The Labute approximate surface area is 139 Å². The number of amides is 2. The molecule has 6 nitrogen and oxygen atoms in total. The number of aromatic nitrogens is 1. The molecule has 23 heavy (non-hydrogen) atoms. The van der Waals surface area contributed by atoms with Crippen molar-refractivity contribution in [3.05, 3.63) is 51.7 Å². The Morgan fingerprint density at radius 1 is 1.35 bits per heavy atom. The molecule has 0 bridgehead atoms. The first-order valence-corrected chi connectivity index (χ1v) is 8.24. The molecule has 0 saturated carbocycles. The fraction of sp³-hybridized carbons (Fsp3) is 0. The van der Waals surface area contributed by atoms with Crippen LogP contribution in [0.4, 0.5) is 5.13 Å². The topological polar surface area (TPSA) is 98.2 Å². The van der Waals surface area contributed by atoms with E-state index in [-0.39, 0.29) is 11.5 Å². The van der Waals surface area contributed by atoms with Crippen molar-refractivity contribution in [3.8, 4) is 11.5 Å². The summed E-state index contributed by atoms with van der Waals surface area (Å²) in [6, 6.07) is 5.35. The maximum absolute atomic E-state index is 11.8. The minimum absolute atomic E-state index is 0.267. The van der Waals surface area contributed by atoms with Gasteiger partial charge in [-0.3, -0.25) is 14.9 Å². The number of hydrogen-bond acceptors (Lipinski definition) is 6. The van der Waals surface area contributed by atoms with Crippen molar-refractivity contribution in [2.24, 2.45) is 5.73 Å². The third-order valence-corrected chi connectivity index (χ3v) is 4.41. The molecule has 3 heterocycles. The lowest BCUT2D eigenvalue weighted by molar-refractivity contribution is -0.111. The van der Waals surface area contributed by atoms with Gasteiger partial charge in [-0.25, -0.2) is 4.98 Å². The van der Waals surface area contributed by atoms with E-state index in [1.54, 1.807) is 22.8 Å². The van der Waals surface area contributed by atoms with E-state index in [2.05, 4.69) is 10.3 Å². The molecule has 0 unspecified atom stereocenters. The summed E-state index contributed by atoms with van der Waals surface area (Å²) in [5.41, 5.74) is 5.97. The molecule has 0 atom stereocenters. The van der Waals surface area contributed by atoms with E-state index < -0.39 is 5.91 Å². The van der Waals surface area contributed by atoms with Crippen LogP contribution < -0.4 is 11.1 Å². The Morgan fingerprint density at radius 3 is 2.91 bits per heavy atom. The van der Waals surface area contributed by atoms with E-state index in [0.717, 1.165) is 4.88 Å². The molecule has 0 aromatic carbocycles. The largest absolute Gasteiger partial charge is 0.462 e. The van der Waals surface area contributed by atoms with Crippen molar-refractivity contribution in [1.29, 1.82) is 0 Å². The standard InChI is InChI=1S/C15H11N3O3S2/c16-14(20)9-6-12(21-7-9)11-8-23-15(17-11)18-13(19)4-3-10-2-1-5-22-10/h1-8H,(H2,16,20)(H,17,18,19)/b4-3-. The van der Waals surface area contributed by atoms with Crippen molar-refractivity contribution < 1.29 is 14.0 Å². The highest BCUT2D eigenvalue weighted by Gasteiger charge is 2.12. The highest BCUT2D eigenvalue weighted by atomic mass is 32.1. The van der Waals surface area contributed by atoms with E-state index in [9.17, 15) is 9.59 Å². The van der Waals surface area contributed by atoms with Crippen LogP contribution in [0.3, 0.4) is 0 Å². The zero-order chi connectivity index (χ0) is 16.2. The molecule has 0 radical (unpaired) electrons. The second kappa shape index (κ2) is 6.59. The molecule has 116 valence electrons. The summed E-state index contributed by atoms with van der Waals surface area (Å²) in [5.74, 6) is -0.413. The number of thiophene rings is 1. The second-order valence-electron chi connectivity index (χ2n) is 4.44. The molecule has 8 heteroatoms. The molecular weight excluding hydrogens is 334 g/mol. The molecular formula is C15H11N3O3S2. The highest BCUT2D eigenvalue weighted by molar-refractivity contribution is 7.14. The minimum atomic E-state index is -0.567. The summed E-state index contributed by atoms with van der Waals surface area (Å²) in [5, 5.41) is 6.78. The Bertz CT molecular complexity index is 862. The number of nitrogens with one attached hydrogen (secondary N) is 1. The van der Waals surface area contributed by atoms with E-state index in [0.29, 0.717) is 16.6 Å². The van der Waals surface area contributed by atoms with Crippen LogP contribution in [0.2, 0.25) is 0 Å². The average Bonchev–Trinajstić information content (AvgIpc) is 3.26. The predicted molar refractivity (Wildman–Crippen MR) is 90.3 cm³/mol. The van der Waals surface area contributed by atoms with Crippen LogP contribution >= 0.6 is 22.7 Å². The van der Waals surface area contributed by atoms with Gasteiger partial charge < -0.3 is 10.2 Å². The van der Waals surface area contributed by atoms with Gasteiger partial charge in [0.15, 0.2) is 10.9 Å². The van der Waals surface area contributed by atoms with Crippen LogP contribution in [-0.2, 0) is 4.79 Å². The average molecular weight is 345 g/mol. The maximum Gasteiger partial charge on any atom is 0.251 e. The van der Waals surface area contributed by atoms with Gasteiger partial charge in [-0.2, -0.15) is 0 Å². The third kappa shape index (κ3) is 3.74. The molecule has 0 aliphatic heterocycles. The molecule has 0 spiro atoms. The van der Waals surface area contributed by atoms with Gasteiger partial charge in [0.2, 0.25) is 5.91 Å². The van der Waals surface area contributed by atoms with Crippen LogP contribution in [0.15, 0.2) is 45.7 Å². The van der Waals surface area contributed by atoms with Gasteiger partial charge in [-0.1, -0.05) is 6.07 Å². The smallest absolute Gasteiger partial charge is 0.251 e. The minimum Gasteiger partial charge on any atom is -0.462 e. The first-order chi connectivity index (χ1) is 11.1. The summed E-state index contributed by atoms with van der Waals surface area (Å²) >= 11 is 2.81. The Morgan fingerprint density at radius 2 is 2.22 bits per heavy atom. The molecule has 0 saturated heterocycles. The summed E-state index contributed by atoms with van der Waals surface area (Å²) < 4.78 is 5.24. The lowest BCUT2D eigenvalue weighted by Crippen LogP contribution is -2.09. The van der Waals surface area contributed by atoms with Gasteiger partial charge in [0, 0.05) is 16.3 Å². The van der Waals surface area contributed by atoms with Gasteiger partial charge in [-0.05, 0) is 23.6 Å². The van der Waals surface area contributed by atoms with Crippen LogP contribution in [0.5, 0.6) is 0 Å². The number of thiazole rings is 1. The van der Waals surface area contributed by atoms with Crippen molar-refractivity contribution >= 4 is 45.7 Å². The van der Waals surface area contributed by atoms with Crippen LogP contribution in [0.1, 0.15) is 15.2 Å². The number of nitrogens with two attached hydrogens (primary N) is 1. The zero-order valence-electron chi connectivity index (χ0n) is 11.7. The van der Waals surface area contributed by atoms with Crippen LogP contribution in [-0.4, -0.2) is 16.8 Å². The molecule has 0 fully saturated rings. The van der Waals surface area contributed by atoms with Gasteiger partial charge in [0.05, 0.1) is 5.56 Å². The molecule has 3 aromatic rings. The quantitative estimate of drug-likeness (QED) is 0.694. The number of primary amides is 1. The van der Waals surface area contributed by atoms with Gasteiger partial charge >= 0.3 is 0 Å². The summed E-state index contributed by atoms with van der Waals surface area (Å²) in [6.07, 6.45) is 4.46. The Kier molecular flexibility index (Phi) is 4.35. The lowest BCUT2D eigenvalue weighted by atomic mass is 10.3. The van der Waals surface area contributed by atoms with E-state index in [1.807, 2.05) is 17.5 Å². The second-order valence-corrected chi connectivity index (χ2v) is 6.28. The predicted octanol–water partition coefficient (Wildman–Crippen LogP) is 3.22. The first kappa shape index (κ1) is 15.2. The van der Waals surface area contributed by atoms with Crippen molar-refractivity contribution in [3.63, 3.8) is 0 Å². The molecule has 3 aromatic heterocycles. The molecule has 0 aliphatic carbocycles. The number of carbonyl (C=O) groups is 2. The number of furan rings is 1. The molecule has 3 rings (SSSR count). The SMILES string of the molecule is NC(=O)c1coc(-c2csc(NC(=O)/C=C\c3cccs3)n2)c1. The maximum atomic E-state index is 11.8. The molecule has 3 N–H and O–H groups in total. The van der Waals surface area contributed by atoms with Crippen molar-refractivity contribution in [2.45, 2.75) is 0 Å². The number of anilines is 1. The molecule has 0 aliphatic rings. The first-order valence-electron chi connectivity index (χ1n) is 6.48. The van der Waals surface area contributed by atoms with Crippen molar-refractivity contribution in [2.75, 3.05) is 5.32 Å². The van der Waals surface area contributed by atoms with E-state index >= 15 is 0 Å².